The molecule has 88 valence electrons. The van der Waals surface area contributed by atoms with Gasteiger partial charge in [0.2, 0.25) is 0 Å². The third kappa shape index (κ3) is 3.97. The van der Waals surface area contributed by atoms with Crippen LogP contribution in [-0.2, 0) is 11.2 Å². The summed E-state index contributed by atoms with van der Waals surface area (Å²) < 4.78 is 0. The average Bonchev–Trinajstić information content (AvgIpc) is 2.20. The van der Waals surface area contributed by atoms with Gasteiger partial charge in [-0.2, -0.15) is 0 Å². The summed E-state index contributed by atoms with van der Waals surface area (Å²) in [5.74, 6) is 0.483. The van der Waals surface area contributed by atoms with E-state index in [0.29, 0.717) is 12.2 Å². The lowest BCUT2D eigenvalue weighted by Crippen LogP contribution is -2.06. The quantitative estimate of drug-likeness (QED) is 0.752. The fourth-order valence-corrected chi connectivity index (χ4v) is 1.93. The molecule has 1 nitrogen and oxygen atoms in total. The molecule has 0 bridgehead atoms. The van der Waals surface area contributed by atoms with Gasteiger partial charge in [0.25, 0.3) is 0 Å². The Hall–Kier alpha value is -0.820. The lowest BCUT2D eigenvalue weighted by Gasteiger charge is -2.06. The molecule has 0 aliphatic carbocycles. The van der Waals surface area contributed by atoms with Gasteiger partial charge in [0, 0.05) is 17.4 Å². The maximum absolute atomic E-state index is 11.4. The van der Waals surface area contributed by atoms with Crippen LogP contribution >= 0.6 is 11.6 Å². The number of hydrogen-bond acceptors (Lipinski definition) is 1. The van der Waals surface area contributed by atoms with Crippen LogP contribution in [0.4, 0.5) is 0 Å². The second kappa shape index (κ2) is 6.05. The summed E-state index contributed by atoms with van der Waals surface area (Å²) in [6.07, 6.45) is 2.43. The highest BCUT2D eigenvalue weighted by Crippen LogP contribution is 2.19. The van der Waals surface area contributed by atoms with Gasteiger partial charge in [-0.25, -0.2) is 0 Å². The molecule has 0 aliphatic heterocycles. The molecule has 0 atom stereocenters. The van der Waals surface area contributed by atoms with E-state index in [1.807, 2.05) is 26.8 Å². The number of carbonyl (C=O) groups is 1. The van der Waals surface area contributed by atoms with Gasteiger partial charge in [-0.05, 0) is 37.0 Å². The van der Waals surface area contributed by atoms with Gasteiger partial charge in [-0.1, -0.05) is 37.6 Å². The molecule has 2 heteroatoms. The third-order valence-corrected chi connectivity index (χ3v) is 3.07. The molecule has 0 aliphatic rings. The highest BCUT2D eigenvalue weighted by molar-refractivity contribution is 6.31. The minimum atomic E-state index is 0.147. The fraction of sp³-hybridized carbons (Fsp3) is 0.500. The lowest BCUT2D eigenvalue weighted by atomic mass is 10.0. The van der Waals surface area contributed by atoms with Crippen molar-refractivity contribution in [3.63, 3.8) is 0 Å². The monoisotopic (exact) mass is 238 g/mol. The van der Waals surface area contributed by atoms with Crippen LogP contribution in [0.1, 0.15) is 37.8 Å². The Labute approximate surface area is 103 Å². The van der Waals surface area contributed by atoms with E-state index in [-0.39, 0.29) is 5.92 Å². The molecule has 0 fully saturated rings. The number of carbonyl (C=O) groups excluding carboxylic acids is 1. The van der Waals surface area contributed by atoms with Crippen molar-refractivity contribution in [1.82, 2.24) is 0 Å². The molecule has 0 radical (unpaired) electrons. The smallest absolute Gasteiger partial charge is 0.135 e. The van der Waals surface area contributed by atoms with Crippen molar-refractivity contribution in [1.29, 1.82) is 0 Å². The second-order valence-corrected chi connectivity index (χ2v) is 4.98. The number of ketones is 1. The molecule has 0 unspecified atom stereocenters. The largest absolute Gasteiger partial charge is 0.299 e. The first-order chi connectivity index (χ1) is 7.50. The van der Waals surface area contributed by atoms with Crippen LogP contribution in [0.15, 0.2) is 18.2 Å². The molecule has 0 N–H and O–H groups in total. The van der Waals surface area contributed by atoms with Gasteiger partial charge >= 0.3 is 0 Å². The third-order valence-electron chi connectivity index (χ3n) is 2.72. The molecule has 0 amide bonds. The Morgan fingerprint density at radius 3 is 2.62 bits per heavy atom. The molecular weight excluding hydrogens is 220 g/mol. The Balaban J connectivity index is 2.46. The predicted octanol–water partition coefficient (Wildman–Crippen LogP) is 4.20. The van der Waals surface area contributed by atoms with E-state index in [9.17, 15) is 4.79 Å². The molecule has 0 saturated carbocycles. The van der Waals surface area contributed by atoms with Crippen LogP contribution in [0.5, 0.6) is 0 Å². The summed E-state index contributed by atoms with van der Waals surface area (Å²) in [7, 11) is 0. The molecule has 0 aromatic heterocycles. The van der Waals surface area contributed by atoms with Crippen molar-refractivity contribution in [2.24, 2.45) is 5.92 Å². The molecule has 1 aromatic carbocycles. The van der Waals surface area contributed by atoms with Crippen molar-refractivity contribution in [3.05, 3.63) is 34.3 Å². The van der Waals surface area contributed by atoms with Crippen molar-refractivity contribution < 1.29 is 4.79 Å². The molecule has 1 aromatic rings. The van der Waals surface area contributed by atoms with E-state index < -0.39 is 0 Å². The van der Waals surface area contributed by atoms with E-state index in [2.05, 4.69) is 12.1 Å². The Morgan fingerprint density at radius 2 is 2.06 bits per heavy atom. The summed E-state index contributed by atoms with van der Waals surface area (Å²) >= 11 is 6.12. The van der Waals surface area contributed by atoms with Crippen LogP contribution in [0, 0.1) is 12.8 Å². The van der Waals surface area contributed by atoms with E-state index in [4.69, 9.17) is 11.6 Å². The number of hydrogen-bond donors (Lipinski definition) is 0. The van der Waals surface area contributed by atoms with Crippen LogP contribution in [0.3, 0.4) is 0 Å². The number of rotatable bonds is 5. The van der Waals surface area contributed by atoms with Crippen molar-refractivity contribution in [2.75, 3.05) is 0 Å². The highest BCUT2D eigenvalue weighted by atomic mass is 35.5. The standard InChI is InChI=1S/C14H19ClO/c1-10(2)14(16)6-4-5-12-8-7-11(3)9-13(12)15/h7-10H,4-6H2,1-3H3. The first-order valence-corrected chi connectivity index (χ1v) is 6.16. The maximum Gasteiger partial charge on any atom is 0.135 e. The van der Waals surface area contributed by atoms with Gasteiger partial charge in [-0.3, -0.25) is 4.79 Å². The van der Waals surface area contributed by atoms with E-state index >= 15 is 0 Å². The van der Waals surface area contributed by atoms with Crippen LogP contribution in [-0.4, -0.2) is 5.78 Å². The van der Waals surface area contributed by atoms with Gasteiger partial charge in [0.15, 0.2) is 0 Å². The summed E-state index contributed by atoms with van der Waals surface area (Å²) in [4.78, 5) is 11.4. The first kappa shape index (κ1) is 13.2. The molecular formula is C14H19ClO. The van der Waals surface area contributed by atoms with Gasteiger partial charge in [-0.15, -0.1) is 0 Å². The summed E-state index contributed by atoms with van der Waals surface area (Å²) in [5, 5.41) is 0.817. The molecule has 0 heterocycles. The zero-order valence-electron chi connectivity index (χ0n) is 10.2. The van der Waals surface area contributed by atoms with Crippen LogP contribution in [0.25, 0.3) is 0 Å². The minimum Gasteiger partial charge on any atom is -0.299 e. The Morgan fingerprint density at radius 1 is 1.38 bits per heavy atom. The zero-order chi connectivity index (χ0) is 12.1. The zero-order valence-corrected chi connectivity index (χ0v) is 11.0. The van der Waals surface area contributed by atoms with Crippen molar-refractivity contribution in [2.45, 2.75) is 40.0 Å². The van der Waals surface area contributed by atoms with Gasteiger partial charge in [0.05, 0.1) is 0 Å². The van der Waals surface area contributed by atoms with Gasteiger partial charge in [0.1, 0.15) is 5.78 Å². The van der Waals surface area contributed by atoms with Gasteiger partial charge < -0.3 is 0 Å². The summed E-state index contributed by atoms with van der Waals surface area (Å²) in [6.45, 7) is 5.92. The maximum atomic E-state index is 11.4. The van der Waals surface area contributed by atoms with E-state index in [1.165, 1.54) is 5.56 Å². The number of aryl methyl sites for hydroxylation is 2. The summed E-state index contributed by atoms with van der Waals surface area (Å²) in [5.41, 5.74) is 2.32. The summed E-state index contributed by atoms with van der Waals surface area (Å²) in [6, 6.07) is 6.09. The molecule has 0 spiro atoms. The van der Waals surface area contributed by atoms with E-state index in [1.54, 1.807) is 0 Å². The van der Waals surface area contributed by atoms with Crippen molar-refractivity contribution >= 4 is 17.4 Å². The minimum absolute atomic E-state index is 0.147. The molecule has 0 saturated heterocycles. The number of halogens is 1. The first-order valence-electron chi connectivity index (χ1n) is 5.78. The lowest BCUT2D eigenvalue weighted by molar-refractivity contribution is -0.121. The van der Waals surface area contributed by atoms with Crippen LogP contribution in [0.2, 0.25) is 5.02 Å². The van der Waals surface area contributed by atoms with Crippen LogP contribution < -0.4 is 0 Å². The SMILES string of the molecule is Cc1ccc(CCCC(=O)C(C)C)c(Cl)c1. The second-order valence-electron chi connectivity index (χ2n) is 4.57. The molecule has 16 heavy (non-hydrogen) atoms. The highest BCUT2D eigenvalue weighted by Gasteiger charge is 2.07. The average molecular weight is 239 g/mol. The topological polar surface area (TPSA) is 17.1 Å². The molecule has 1 rings (SSSR count). The normalized spacial score (nSPS) is 10.8. The fourth-order valence-electron chi connectivity index (χ4n) is 1.60. The Kier molecular flexibility index (Phi) is 5.01. The number of Topliss-reactive ketones (excluding diaryl/α,β-unsaturated/α-hetero) is 1. The van der Waals surface area contributed by atoms with Crippen molar-refractivity contribution in [3.8, 4) is 0 Å². The Bertz CT molecular complexity index is 369. The van der Waals surface area contributed by atoms with E-state index in [0.717, 1.165) is 23.4 Å². The predicted molar refractivity (Wildman–Crippen MR) is 69.0 cm³/mol. The number of benzene rings is 1.